The highest BCUT2D eigenvalue weighted by Gasteiger charge is 2.07. The molecule has 2 nitrogen and oxygen atoms in total. The topological polar surface area (TPSA) is 29.1 Å². The van der Waals surface area contributed by atoms with Gasteiger partial charge in [-0.25, -0.2) is 0 Å². The van der Waals surface area contributed by atoms with Crippen molar-refractivity contribution in [3.05, 3.63) is 47.0 Å². The highest BCUT2D eigenvalue weighted by atomic mass is 16.1. The van der Waals surface area contributed by atoms with Crippen molar-refractivity contribution in [3.8, 4) is 0 Å². The van der Waals surface area contributed by atoms with Crippen LogP contribution in [0.2, 0.25) is 0 Å². The minimum Gasteiger partial charge on any atom is -0.355 e. The lowest BCUT2D eigenvalue weighted by Gasteiger charge is -2.13. The Bertz CT molecular complexity index is 462. The van der Waals surface area contributed by atoms with E-state index in [9.17, 15) is 4.79 Å². The van der Waals surface area contributed by atoms with Crippen molar-refractivity contribution >= 4 is 5.91 Å². The molecule has 0 spiro atoms. The van der Waals surface area contributed by atoms with Crippen molar-refractivity contribution in [2.45, 2.75) is 45.4 Å². The number of benzene rings is 1. The zero-order valence-corrected chi connectivity index (χ0v) is 11.7. The van der Waals surface area contributed by atoms with Gasteiger partial charge < -0.3 is 5.32 Å². The van der Waals surface area contributed by atoms with Crippen LogP contribution >= 0.6 is 0 Å². The number of hydrogen-bond acceptors (Lipinski definition) is 1. The fraction of sp³-hybridized carbons (Fsp3) is 0.471. The van der Waals surface area contributed by atoms with Crippen molar-refractivity contribution in [2.75, 3.05) is 6.54 Å². The normalized spacial score (nSPS) is 14.9. The van der Waals surface area contributed by atoms with Gasteiger partial charge in [0.2, 0.25) is 5.91 Å². The summed E-state index contributed by atoms with van der Waals surface area (Å²) in [4.78, 5) is 11.9. The molecule has 0 radical (unpaired) electrons. The molecule has 2 heteroatoms. The van der Waals surface area contributed by atoms with Crippen LogP contribution in [0.5, 0.6) is 0 Å². The fourth-order valence-electron chi connectivity index (χ4n) is 2.54. The first-order valence-electron chi connectivity index (χ1n) is 7.25. The van der Waals surface area contributed by atoms with E-state index < -0.39 is 0 Å². The number of amides is 1. The van der Waals surface area contributed by atoms with Crippen molar-refractivity contribution in [1.82, 2.24) is 5.32 Å². The van der Waals surface area contributed by atoms with E-state index in [4.69, 9.17) is 0 Å². The third kappa shape index (κ3) is 4.55. The summed E-state index contributed by atoms with van der Waals surface area (Å²) in [5.74, 6) is 0.130. The van der Waals surface area contributed by atoms with Gasteiger partial charge in [0.05, 0.1) is 6.42 Å². The van der Waals surface area contributed by atoms with Crippen LogP contribution in [-0.2, 0) is 11.2 Å². The van der Waals surface area contributed by atoms with E-state index in [1.165, 1.54) is 36.8 Å². The Balaban J connectivity index is 1.73. The van der Waals surface area contributed by atoms with Crippen LogP contribution in [0.15, 0.2) is 35.9 Å². The molecule has 0 fully saturated rings. The minimum absolute atomic E-state index is 0.130. The van der Waals surface area contributed by atoms with Gasteiger partial charge in [-0.15, -0.1) is 0 Å². The maximum absolute atomic E-state index is 11.9. The number of nitrogens with one attached hydrogen (secondary N) is 1. The smallest absolute Gasteiger partial charge is 0.224 e. The quantitative estimate of drug-likeness (QED) is 0.803. The number of carbonyl (C=O) groups is 1. The Morgan fingerprint density at radius 1 is 1.26 bits per heavy atom. The van der Waals surface area contributed by atoms with E-state index in [1.54, 1.807) is 0 Å². The second-order valence-electron chi connectivity index (χ2n) is 5.31. The predicted molar refractivity (Wildman–Crippen MR) is 79.1 cm³/mol. The summed E-state index contributed by atoms with van der Waals surface area (Å²) in [5, 5.41) is 3.03. The molecule has 19 heavy (non-hydrogen) atoms. The molecule has 2 rings (SSSR count). The molecule has 0 aromatic heterocycles. The highest BCUT2D eigenvalue weighted by molar-refractivity contribution is 5.78. The average molecular weight is 257 g/mol. The second-order valence-corrected chi connectivity index (χ2v) is 5.31. The Morgan fingerprint density at radius 3 is 2.84 bits per heavy atom. The van der Waals surface area contributed by atoms with Crippen molar-refractivity contribution < 1.29 is 4.79 Å². The van der Waals surface area contributed by atoms with E-state index >= 15 is 0 Å². The summed E-state index contributed by atoms with van der Waals surface area (Å²) in [5.41, 5.74) is 3.83. The van der Waals surface area contributed by atoms with Gasteiger partial charge in [-0.1, -0.05) is 35.9 Å². The standard InChI is InChI=1S/C17H23NO/c1-14-7-5-6-10-16(14)13-17(19)18-12-11-15-8-3-2-4-9-15/h5-8,10H,2-4,9,11-13H2,1H3,(H,18,19). The highest BCUT2D eigenvalue weighted by Crippen LogP contribution is 2.19. The molecule has 0 heterocycles. The first-order valence-corrected chi connectivity index (χ1v) is 7.25. The van der Waals surface area contributed by atoms with E-state index in [1.807, 2.05) is 18.2 Å². The molecule has 0 aliphatic heterocycles. The Morgan fingerprint density at radius 2 is 2.11 bits per heavy atom. The van der Waals surface area contributed by atoms with E-state index in [0.29, 0.717) is 6.42 Å². The van der Waals surface area contributed by atoms with Gasteiger partial charge in [-0.3, -0.25) is 4.79 Å². The van der Waals surface area contributed by atoms with Crippen LogP contribution in [0.25, 0.3) is 0 Å². The summed E-state index contributed by atoms with van der Waals surface area (Å²) in [6.07, 6.45) is 8.91. The molecule has 1 aliphatic rings. The van der Waals surface area contributed by atoms with E-state index in [-0.39, 0.29) is 5.91 Å². The van der Waals surface area contributed by atoms with E-state index in [0.717, 1.165) is 18.5 Å². The molecule has 1 aromatic rings. The lowest BCUT2D eigenvalue weighted by Crippen LogP contribution is -2.26. The van der Waals surface area contributed by atoms with Gasteiger partial charge in [0, 0.05) is 6.54 Å². The Hall–Kier alpha value is -1.57. The number of allylic oxidation sites excluding steroid dienone is 1. The first-order chi connectivity index (χ1) is 9.25. The maximum Gasteiger partial charge on any atom is 0.224 e. The van der Waals surface area contributed by atoms with Crippen LogP contribution < -0.4 is 5.32 Å². The summed E-state index contributed by atoms with van der Waals surface area (Å²) in [6, 6.07) is 8.07. The average Bonchev–Trinajstić information content (AvgIpc) is 2.43. The fourth-order valence-corrected chi connectivity index (χ4v) is 2.54. The zero-order chi connectivity index (χ0) is 13.5. The van der Waals surface area contributed by atoms with Crippen LogP contribution in [0.1, 0.15) is 43.2 Å². The molecule has 1 N–H and O–H groups in total. The lowest BCUT2D eigenvalue weighted by molar-refractivity contribution is -0.120. The van der Waals surface area contributed by atoms with Gasteiger partial charge in [-0.05, 0) is 50.2 Å². The van der Waals surface area contributed by atoms with Crippen LogP contribution in [0.3, 0.4) is 0 Å². The van der Waals surface area contributed by atoms with Gasteiger partial charge in [0.1, 0.15) is 0 Å². The van der Waals surface area contributed by atoms with Gasteiger partial charge in [0.25, 0.3) is 0 Å². The zero-order valence-electron chi connectivity index (χ0n) is 11.7. The first kappa shape index (κ1) is 13.9. The summed E-state index contributed by atoms with van der Waals surface area (Å²) >= 11 is 0. The third-order valence-electron chi connectivity index (χ3n) is 3.77. The molecule has 0 saturated heterocycles. The molecular weight excluding hydrogens is 234 g/mol. The summed E-state index contributed by atoms with van der Waals surface area (Å²) < 4.78 is 0. The van der Waals surface area contributed by atoms with Crippen LogP contribution in [0.4, 0.5) is 0 Å². The van der Waals surface area contributed by atoms with Crippen molar-refractivity contribution in [3.63, 3.8) is 0 Å². The van der Waals surface area contributed by atoms with E-state index in [2.05, 4.69) is 24.4 Å². The van der Waals surface area contributed by atoms with Gasteiger partial charge in [-0.2, -0.15) is 0 Å². The SMILES string of the molecule is Cc1ccccc1CC(=O)NCCC1=CCCCC1. The van der Waals surface area contributed by atoms with Crippen LogP contribution in [0, 0.1) is 6.92 Å². The monoisotopic (exact) mass is 257 g/mol. The molecule has 102 valence electrons. The van der Waals surface area contributed by atoms with Gasteiger partial charge >= 0.3 is 0 Å². The number of hydrogen-bond donors (Lipinski definition) is 1. The van der Waals surface area contributed by atoms with Crippen molar-refractivity contribution in [1.29, 1.82) is 0 Å². The molecule has 0 saturated carbocycles. The maximum atomic E-state index is 11.9. The largest absolute Gasteiger partial charge is 0.355 e. The molecule has 0 atom stereocenters. The third-order valence-corrected chi connectivity index (χ3v) is 3.77. The molecule has 1 amide bonds. The predicted octanol–water partition coefficient (Wildman–Crippen LogP) is 3.54. The minimum atomic E-state index is 0.130. The molecular formula is C17H23NO. The number of aryl methyl sites for hydroxylation is 1. The van der Waals surface area contributed by atoms with Crippen molar-refractivity contribution in [2.24, 2.45) is 0 Å². The molecule has 0 unspecified atom stereocenters. The molecule has 1 aromatic carbocycles. The second kappa shape index (κ2) is 7.13. The summed E-state index contributed by atoms with van der Waals surface area (Å²) in [7, 11) is 0. The Labute approximate surface area is 115 Å². The Kier molecular flexibility index (Phi) is 5.20. The number of carbonyl (C=O) groups excluding carboxylic acids is 1. The molecule has 0 bridgehead atoms. The molecule has 1 aliphatic carbocycles. The number of rotatable bonds is 5. The van der Waals surface area contributed by atoms with Crippen LogP contribution in [-0.4, -0.2) is 12.5 Å². The summed E-state index contributed by atoms with van der Waals surface area (Å²) in [6.45, 7) is 2.83. The lowest BCUT2D eigenvalue weighted by atomic mass is 9.97. The van der Waals surface area contributed by atoms with Gasteiger partial charge in [0.15, 0.2) is 0 Å².